The number of rotatable bonds is 9. The van der Waals surface area contributed by atoms with Gasteiger partial charge in [0.25, 0.3) is 8.32 Å². The fourth-order valence-electron chi connectivity index (χ4n) is 3.43. The minimum Gasteiger partial charge on any atom is -0.548 e. The Hall–Kier alpha value is -1.06. The standard InChI is InChI=1S/C19H32O2Si/c1-16(2)22(17(3)4,18(5)6)21-14-10-13-20-15-19-11-8-7-9-12-19/h7-12,14,16-18H,13,15H2,1-6H3. The molecule has 0 saturated heterocycles. The van der Waals surface area contributed by atoms with E-state index in [-0.39, 0.29) is 0 Å². The fourth-order valence-corrected chi connectivity index (χ4v) is 8.58. The Morgan fingerprint density at radius 2 is 1.45 bits per heavy atom. The minimum atomic E-state index is -1.79. The lowest BCUT2D eigenvalue weighted by molar-refractivity contribution is 0.147. The van der Waals surface area contributed by atoms with Gasteiger partial charge in [0, 0.05) is 0 Å². The van der Waals surface area contributed by atoms with Gasteiger partial charge in [0.15, 0.2) is 0 Å². The van der Waals surface area contributed by atoms with E-state index in [1.54, 1.807) is 0 Å². The third-order valence-corrected chi connectivity index (χ3v) is 10.4. The second kappa shape index (κ2) is 9.16. The molecule has 0 spiro atoms. The van der Waals surface area contributed by atoms with E-state index in [1.165, 1.54) is 5.56 Å². The topological polar surface area (TPSA) is 18.5 Å². The monoisotopic (exact) mass is 320 g/mol. The molecular weight excluding hydrogens is 288 g/mol. The highest BCUT2D eigenvalue weighted by Crippen LogP contribution is 2.42. The summed E-state index contributed by atoms with van der Waals surface area (Å²) >= 11 is 0. The van der Waals surface area contributed by atoms with E-state index in [9.17, 15) is 0 Å². The predicted molar refractivity (Wildman–Crippen MR) is 97.4 cm³/mol. The van der Waals surface area contributed by atoms with Crippen LogP contribution in [0.15, 0.2) is 42.7 Å². The van der Waals surface area contributed by atoms with Gasteiger partial charge in [-0.2, -0.15) is 0 Å². The molecule has 0 saturated carbocycles. The van der Waals surface area contributed by atoms with Crippen molar-refractivity contribution in [1.82, 2.24) is 0 Å². The summed E-state index contributed by atoms with van der Waals surface area (Å²) in [5.41, 5.74) is 3.00. The number of ether oxygens (including phenoxy) is 1. The van der Waals surface area contributed by atoms with Gasteiger partial charge in [-0.25, -0.2) is 0 Å². The smallest absolute Gasteiger partial charge is 0.257 e. The van der Waals surface area contributed by atoms with Gasteiger partial charge in [-0.15, -0.1) is 0 Å². The lowest BCUT2D eigenvalue weighted by atomic mass is 10.2. The van der Waals surface area contributed by atoms with E-state index < -0.39 is 8.32 Å². The highest BCUT2D eigenvalue weighted by molar-refractivity contribution is 6.77. The van der Waals surface area contributed by atoms with Crippen molar-refractivity contribution < 1.29 is 9.16 Å². The molecule has 0 aromatic heterocycles. The SMILES string of the molecule is CC(C)[Si](OC=CCOCc1ccccc1)(C(C)C)C(C)C. The molecule has 1 aromatic rings. The molecule has 124 valence electrons. The average Bonchev–Trinajstić information content (AvgIpc) is 2.46. The van der Waals surface area contributed by atoms with Crippen molar-refractivity contribution in [2.45, 2.75) is 64.8 Å². The summed E-state index contributed by atoms with van der Waals surface area (Å²) in [5.74, 6) is 0. The summed E-state index contributed by atoms with van der Waals surface area (Å²) in [6, 6.07) is 10.2. The maximum Gasteiger partial charge on any atom is 0.257 e. The maximum atomic E-state index is 6.34. The zero-order chi connectivity index (χ0) is 16.6. The van der Waals surface area contributed by atoms with Gasteiger partial charge in [-0.05, 0) is 28.3 Å². The quantitative estimate of drug-likeness (QED) is 0.320. The molecule has 0 aliphatic carbocycles. The normalized spacial score (nSPS) is 12.8. The summed E-state index contributed by atoms with van der Waals surface area (Å²) in [7, 11) is -1.79. The Balaban J connectivity index is 2.48. The van der Waals surface area contributed by atoms with Crippen LogP contribution in [0.5, 0.6) is 0 Å². The zero-order valence-corrected chi connectivity index (χ0v) is 16.0. The Kier molecular flexibility index (Phi) is 7.90. The van der Waals surface area contributed by atoms with E-state index in [4.69, 9.17) is 9.16 Å². The van der Waals surface area contributed by atoms with Crippen LogP contribution in [0.4, 0.5) is 0 Å². The van der Waals surface area contributed by atoms with E-state index in [2.05, 4.69) is 53.7 Å². The van der Waals surface area contributed by atoms with Gasteiger partial charge in [-0.1, -0.05) is 71.9 Å². The fraction of sp³-hybridized carbons (Fsp3) is 0.579. The Bertz CT molecular complexity index is 416. The highest BCUT2D eigenvalue weighted by Gasteiger charge is 2.46. The molecule has 0 bridgehead atoms. The lowest BCUT2D eigenvalue weighted by Gasteiger charge is -2.41. The van der Waals surface area contributed by atoms with Gasteiger partial charge in [-0.3, -0.25) is 0 Å². The summed E-state index contributed by atoms with van der Waals surface area (Å²) in [6.45, 7) is 15.0. The molecule has 0 unspecified atom stereocenters. The molecule has 0 aliphatic rings. The van der Waals surface area contributed by atoms with Crippen LogP contribution >= 0.6 is 0 Å². The van der Waals surface area contributed by atoms with Crippen LogP contribution in [0.1, 0.15) is 47.1 Å². The van der Waals surface area contributed by atoms with Crippen LogP contribution in [0, 0.1) is 0 Å². The van der Waals surface area contributed by atoms with Crippen LogP contribution in [-0.4, -0.2) is 14.9 Å². The van der Waals surface area contributed by atoms with Gasteiger partial charge >= 0.3 is 0 Å². The van der Waals surface area contributed by atoms with Crippen molar-refractivity contribution in [3.63, 3.8) is 0 Å². The average molecular weight is 321 g/mol. The molecule has 2 nitrogen and oxygen atoms in total. The van der Waals surface area contributed by atoms with Crippen molar-refractivity contribution in [2.24, 2.45) is 0 Å². The first-order valence-electron chi connectivity index (χ1n) is 8.35. The summed E-state index contributed by atoms with van der Waals surface area (Å²) in [4.78, 5) is 0. The highest BCUT2D eigenvalue weighted by atomic mass is 28.4. The van der Waals surface area contributed by atoms with E-state index >= 15 is 0 Å². The molecule has 0 fully saturated rings. The molecule has 0 amide bonds. The lowest BCUT2D eigenvalue weighted by Crippen LogP contribution is -2.46. The third-order valence-electron chi connectivity index (χ3n) is 4.40. The first-order valence-corrected chi connectivity index (χ1v) is 10.5. The molecule has 1 aromatic carbocycles. The van der Waals surface area contributed by atoms with Crippen LogP contribution < -0.4 is 0 Å². The van der Waals surface area contributed by atoms with E-state index in [0.29, 0.717) is 29.8 Å². The molecule has 0 aliphatic heterocycles. The maximum absolute atomic E-state index is 6.34. The second-order valence-corrected chi connectivity index (χ2v) is 12.2. The summed E-state index contributed by atoms with van der Waals surface area (Å²) < 4.78 is 12.0. The second-order valence-electron chi connectivity index (χ2n) is 6.81. The van der Waals surface area contributed by atoms with Gasteiger partial charge < -0.3 is 9.16 Å². The first-order chi connectivity index (χ1) is 10.4. The number of hydrogen-bond acceptors (Lipinski definition) is 2. The van der Waals surface area contributed by atoms with Gasteiger partial charge in [0.1, 0.15) is 0 Å². The Morgan fingerprint density at radius 3 is 1.95 bits per heavy atom. The Labute approximate surface area is 137 Å². The van der Waals surface area contributed by atoms with Gasteiger partial charge in [0.05, 0.1) is 19.5 Å². The summed E-state index contributed by atoms with van der Waals surface area (Å²) in [6.07, 6.45) is 3.88. The van der Waals surface area contributed by atoms with Crippen molar-refractivity contribution >= 4 is 8.32 Å². The van der Waals surface area contributed by atoms with Crippen molar-refractivity contribution in [2.75, 3.05) is 6.61 Å². The van der Waals surface area contributed by atoms with Crippen molar-refractivity contribution in [1.29, 1.82) is 0 Å². The minimum absolute atomic E-state index is 0.591. The number of hydrogen-bond donors (Lipinski definition) is 0. The zero-order valence-electron chi connectivity index (χ0n) is 15.0. The van der Waals surface area contributed by atoms with Crippen molar-refractivity contribution in [3.8, 4) is 0 Å². The van der Waals surface area contributed by atoms with E-state index in [0.717, 1.165) is 0 Å². The third kappa shape index (κ3) is 4.99. The number of benzene rings is 1. The largest absolute Gasteiger partial charge is 0.548 e. The molecule has 0 heterocycles. The van der Waals surface area contributed by atoms with Crippen molar-refractivity contribution in [3.05, 3.63) is 48.2 Å². The predicted octanol–water partition coefficient (Wildman–Crippen LogP) is 5.91. The molecule has 1 rings (SSSR count). The van der Waals surface area contributed by atoms with Crippen LogP contribution in [-0.2, 0) is 15.8 Å². The molecule has 0 radical (unpaired) electrons. The summed E-state index contributed by atoms with van der Waals surface area (Å²) in [5, 5.41) is 0. The molecule has 0 atom stereocenters. The first kappa shape index (κ1) is 19.0. The van der Waals surface area contributed by atoms with E-state index in [1.807, 2.05) is 30.5 Å². The van der Waals surface area contributed by atoms with Gasteiger partial charge in [0.2, 0.25) is 0 Å². The molecular formula is C19H32O2Si. The Morgan fingerprint density at radius 1 is 0.909 bits per heavy atom. The van der Waals surface area contributed by atoms with Crippen LogP contribution in [0.2, 0.25) is 16.6 Å². The molecule has 22 heavy (non-hydrogen) atoms. The van der Waals surface area contributed by atoms with Crippen LogP contribution in [0.25, 0.3) is 0 Å². The molecule has 0 N–H and O–H groups in total. The molecule has 3 heteroatoms. The van der Waals surface area contributed by atoms with Crippen LogP contribution in [0.3, 0.4) is 0 Å².